The minimum Gasteiger partial charge on any atom is -0.355 e. The van der Waals surface area contributed by atoms with E-state index < -0.39 is 0 Å². The zero-order valence-electron chi connectivity index (χ0n) is 13.4. The Hall–Kier alpha value is -2.13. The fraction of sp³-hybridized carbons (Fsp3) is 0.350. The summed E-state index contributed by atoms with van der Waals surface area (Å²) < 4.78 is 0. The van der Waals surface area contributed by atoms with E-state index in [0.29, 0.717) is 12.5 Å². The first-order chi connectivity index (χ1) is 11.3. The Morgan fingerprint density at radius 1 is 0.913 bits per heavy atom. The molecule has 1 fully saturated rings. The van der Waals surface area contributed by atoms with Crippen LogP contribution in [0.2, 0.25) is 0 Å². The van der Waals surface area contributed by atoms with Gasteiger partial charge in [0.25, 0.3) is 0 Å². The third-order valence-corrected chi connectivity index (χ3v) is 4.45. The van der Waals surface area contributed by atoms with Crippen molar-refractivity contribution in [2.75, 3.05) is 6.54 Å². The van der Waals surface area contributed by atoms with Gasteiger partial charge in [0, 0.05) is 32.1 Å². The molecule has 0 saturated carbocycles. The molecule has 120 valence electrons. The number of nitrogens with zero attached hydrogens (tertiary/aromatic N) is 1. The molecule has 0 aromatic heterocycles. The van der Waals surface area contributed by atoms with Crippen molar-refractivity contribution in [2.24, 2.45) is 0 Å². The topological polar surface area (TPSA) is 32.3 Å². The summed E-state index contributed by atoms with van der Waals surface area (Å²) in [5, 5.41) is 3.07. The molecule has 1 saturated heterocycles. The first-order valence-electron chi connectivity index (χ1n) is 8.40. The van der Waals surface area contributed by atoms with Crippen molar-refractivity contribution in [3.8, 4) is 0 Å². The molecule has 1 aliphatic rings. The number of hydrogen-bond donors (Lipinski definition) is 1. The van der Waals surface area contributed by atoms with Gasteiger partial charge in [-0.05, 0) is 24.0 Å². The predicted molar refractivity (Wildman–Crippen MR) is 92.8 cm³/mol. The van der Waals surface area contributed by atoms with E-state index in [0.717, 1.165) is 32.5 Å². The van der Waals surface area contributed by atoms with Gasteiger partial charge in [-0.25, -0.2) is 0 Å². The molecule has 2 aromatic rings. The van der Waals surface area contributed by atoms with Crippen LogP contribution in [0.3, 0.4) is 0 Å². The summed E-state index contributed by atoms with van der Waals surface area (Å²) in [6.45, 7) is 2.57. The molecular weight excluding hydrogens is 284 g/mol. The second kappa shape index (κ2) is 7.93. The summed E-state index contributed by atoms with van der Waals surface area (Å²) in [5.41, 5.74) is 2.64. The van der Waals surface area contributed by atoms with Crippen LogP contribution in [0.4, 0.5) is 0 Å². The van der Waals surface area contributed by atoms with Gasteiger partial charge in [0.1, 0.15) is 0 Å². The quantitative estimate of drug-likeness (QED) is 0.918. The third-order valence-electron chi connectivity index (χ3n) is 4.45. The van der Waals surface area contributed by atoms with Gasteiger partial charge < -0.3 is 5.32 Å². The lowest BCUT2D eigenvalue weighted by molar-refractivity contribution is -0.120. The van der Waals surface area contributed by atoms with Gasteiger partial charge in [0.05, 0.1) is 0 Å². The lowest BCUT2D eigenvalue weighted by Gasteiger charge is -2.31. The minimum atomic E-state index is 0.187. The second-order valence-corrected chi connectivity index (χ2v) is 6.23. The highest BCUT2D eigenvalue weighted by molar-refractivity contribution is 5.76. The second-order valence-electron chi connectivity index (χ2n) is 6.23. The Morgan fingerprint density at radius 3 is 2.04 bits per heavy atom. The van der Waals surface area contributed by atoms with Gasteiger partial charge in [0.15, 0.2) is 0 Å². The zero-order chi connectivity index (χ0) is 15.9. The Kier molecular flexibility index (Phi) is 5.43. The van der Waals surface area contributed by atoms with Crippen LogP contribution in [0.15, 0.2) is 60.7 Å². The Bertz CT molecular complexity index is 571. The van der Waals surface area contributed by atoms with E-state index in [1.54, 1.807) is 0 Å². The van der Waals surface area contributed by atoms with E-state index in [1.807, 2.05) is 0 Å². The summed E-state index contributed by atoms with van der Waals surface area (Å²) in [5.74, 6) is 0.187. The maximum Gasteiger partial charge on any atom is 0.220 e. The Balaban J connectivity index is 1.76. The van der Waals surface area contributed by atoms with E-state index in [-0.39, 0.29) is 5.91 Å². The van der Waals surface area contributed by atoms with E-state index in [4.69, 9.17) is 0 Å². The highest BCUT2D eigenvalue weighted by atomic mass is 16.1. The molecule has 1 atom stereocenters. The lowest BCUT2D eigenvalue weighted by atomic mass is 10.1. The lowest BCUT2D eigenvalue weighted by Crippen LogP contribution is -2.41. The summed E-state index contributed by atoms with van der Waals surface area (Å²) in [6, 6.07) is 21.5. The SMILES string of the molecule is O=C1CCCC(N(Cc2ccccc2)Cc2ccccc2)CN1. The van der Waals surface area contributed by atoms with Crippen LogP contribution >= 0.6 is 0 Å². The predicted octanol–water partition coefficient (Wildman–Crippen LogP) is 3.36. The molecule has 3 rings (SSSR count). The van der Waals surface area contributed by atoms with Crippen molar-refractivity contribution in [3.05, 3.63) is 71.8 Å². The summed E-state index contributed by atoms with van der Waals surface area (Å²) >= 11 is 0. The normalized spacial score (nSPS) is 18.5. The third kappa shape index (κ3) is 4.67. The molecule has 2 aromatic carbocycles. The smallest absolute Gasteiger partial charge is 0.220 e. The first-order valence-corrected chi connectivity index (χ1v) is 8.40. The minimum absolute atomic E-state index is 0.187. The molecule has 3 nitrogen and oxygen atoms in total. The van der Waals surface area contributed by atoms with Crippen molar-refractivity contribution >= 4 is 5.91 Å². The zero-order valence-corrected chi connectivity index (χ0v) is 13.4. The van der Waals surface area contributed by atoms with Crippen molar-refractivity contribution in [3.63, 3.8) is 0 Å². The number of nitrogens with one attached hydrogen (secondary N) is 1. The molecule has 0 radical (unpaired) electrons. The van der Waals surface area contributed by atoms with Crippen LogP contribution < -0.4 is 5.32 Å². The highest BCUT2D eigenvalue weighted by Gasteiger charge is 2.22. The average molecular weight is 308 g/mol. The highest BCUT2D eigenvalue weighted by Crippen LogP contribution is 2.18. The first kappa shape index (κ1) is 15.8. The molecule has 1 amide bonds. The van der Waals surface area contributed by atoms with Gasteiger partial charge >= 0.3 is 0 Å². The summed E-state index contributed by atoms with van der Waals surface area (Å²) in [7, 11) is 0. The fourth-order valence-electron chi connectivity index (χ4n) is 3.18. The number of carbonyl (C=O) groups is 1. The molecule has 0 bridgehead atoms. The van der Waals surface area contributed by atoms with Gasteiger partial charge in [0.2, 0.25) is 5.91 Å². The van der Waals surface area contributed by atoms with Gasteiger partial charge in [-0.1, -0.05) is 60.7 Å². The molecule has 1 unspecified atom stereocenters. The molecule has 1 heterocycles. The molecular formula is C20H24N2O. The van der Waals surface area contributed by atoms with Crippen LogP contribution in [0.25, 0.3) is 0 Å². The van der Waals surface area contributed by atoms with Crippen LogP contribution in [-0.2, 0) is 17.9 Å². The van der Waals surface area contributed by atoms with E-state index in [1.165, 1.54) is 11.1 Å². The molecule has 0 aliphatic carbocycles. The van der Waals surface area contributed by atoms with Crippen LogP contribution in [0, 0.1) is 0 Å². The molecule has 3 heteroatoms. The Labute approximate surface area is 138 Å². The maximum atomic E-state index is 11.6. The van der Waals surface area contributed by atoms with Gasteiger partial charge in [-0.2, -0.15) is 0 Å². The van der Waals surface area contributed by atoms with E-state index in [2.05, 4.69) is 70.9 Å². The van der Waals surface area contributed by atoms with Crippen molar-refractivity contribution in [2.45, 2.75) is 38.4 Å². The monoisotopic (exact) mass is 308 g/mol. The molecule has 23 heavy (non-hydrogen) atoms. The number of rotatable bonds is 5. The fourth-order valence-corrected chi connectivity index (χ4v) is 3.18. The molecule has 1 N–H and O–H groups in total. The maximum absolute atomic E-state index is 11.6. The number of amides is 1. The van der Waals surface area contributed by atoms with Crippen molar-refractivity contribution < 1.29 is 4.79 Å². The average Bonchev–Trinajstić information content (AvgIpc) is 2.81. The van der Waals surface area contributed by atoms with Crippen molar-refractivity contribution in [1.29, 1.82) is 0 Å². The largest absolute Gasteiger partial charge is 0.355 e. The number of carbonyl (C=O) groups excluding carboxylic acids is 1. The van der Waals surface area contributed by atoms with Crippen LogP contribution in [0.5, 0.6) is 0 Å². The Morgan fingerprint density at radius 2 is 1.48 bits per heavy atom. The summed E-state index contributed by atoms with van der Waals surface area (Å²) in [4.78, 5) is 14.1. The molecule has 1 aliphatic heterocycles. The van der Waals surface area contributed by atoms with Crippen LogP contribution in [0.1, 0.15) is 30.4 Å². The van der Waals surface area contributed by atoms with Crippen molar-refractivity contribution in [1.82, 2.24) is 10.2 Å². The standard InChI is InChI=1S/C20H24N2O/c23-20-13-7-12-19(14-21-20)22(15-17-8-3-1-4-9-17)16-18-10-5-2-6-11-18/h1-6,8-11,19H,7,12-16H2,(H,21,23). The van der Waals surface area contributed by atoms with E-state index >= 15 is 0 Å². The van der Waals surface area contributed by atoms with Gasteiger partial charge in [-0.15, -0.1) is 0 Å². The summed E-state index contributed by atoms with van der Waals surface area (Å²) in [6.07, 6.45) is 2.69. The molecule has 0 spiro atoms. The van der Waals surface area contributed by atoms with E-state index in [9.17, 15) is 4.79 Å². The number of benzene rings is 2. The van der Waals surface area contributed by atoms with Crippen LogP contribution in [-0.4, -0.2) is 23.4 Å². The van der Waals surface area contributed by atoms with Gasteiger partial charge in [-0.3, -0.25) is 9.69 Å². The number of hydrogen-bond acceptors (Lipinski definition) is 2.